The van der Waals surface area contributed by atoms with Crippen LogP contribution >= 0.6 is 34.2 Å². The second-order valence-corrected chi connectivity index (χ2v) is 10.3. The summed E-state index contributed by atoms with van der Waals surface area (Å²) in [6.45, 7) is 3.76. The number of aliphatic hydroxyl groups excluding tert-OH is 2. The van der Waals surface area contributed by atoms with Crippen LogP contribution in [-0.4, -0.2) is 58.3 Å². The van der Waals surface area contributed by atoms with E-state index in [4.69, 9.17) is 21.4 Å². The zero-order valence-corrected chi connectivity index (χ0v) is 22.6. The van der Waals surface area contributed by atoms with Crippen molar-refractivity contribution >= 4 is 46.0 Å². The van der Waals surface area contributed by atoms with Gasteiger partial charge in [0.05, 0.1) is 16.2 Å². The Morgan fingerprint density at radius 1 is 1.20 bits per heavy atom. The average molecular weight is 613 g/mol. The largest absolute Gasteiger partial charge is 0.482 e. The highest BCUT2D eigenvalue weighted by molar-refractivity contribution is 14.1. The minimum absolute atomic E-state index is 0.102. The number of hydrogen-bond donors (Lipinski definition) is 3. The molecule has 0 bridgehead atoms. The molecule has 0 fully saturated rings. The first-order valence-corrected chi connectivity index (χ1v) is 12.9. The molecule has 35 heavy (non-hydrogen) atoms. The maximum atomic E-state index is 13.3. The molecule has 0 saturated heterocycles. The van der Waals surface area contributed by atoms with Crippen LogP contribution in [0, 0.1) is 9.49 Å². The molecule has 0 spiro atoms. The molecule has 1 aliphatic rings. The van der Waals surface area contributed by atoms with Gasteiger partial charge in [-0.25, -0.2) is 0 Å². The Hall–Kier alpha value is -2.14. The fourth-order valence-corrected chi connectivity index (χ4v) is 4.58. The van der Waals surface area contributed by atoms with E-state index in [1.165, 1.54) is 0 Å². The third-order valence-corrected chi connectivity index (χ3v) is 6.90. The van der Waals surface area contributed by atoms with Crippen LogP contribution in [0.25, 0.3) is 0 Å². The molecule has 188 valence electrons. The molecular formula is C26H30ClIN2O5. The molecule has 0 radical (unpaired) electrons. The minimum atomic E-state index is -1.07. The van der Waals surface area contributed by atoms with Gasteiger partial charge in [0.25, 0.3) is 0 Å². The van der Waals surface area contributed by atoms with Crippen molar-refractivity contribution in [2.45, 2.75) is 45.1 Å². The quantitative estimate of drug-likeness (QED) is 0.377. The number of amides is 2. The standard InChI is InChI=1S/C26H30ClIN2O5/c1-16(2)26(34)30(15-17-7-9-19(27)10-8-17)21-13-18(25(33)29-11-12-31)14-23(24(21)32)35-22-6-4-3-5-20(22)28/h3-10,14,16,21,23-24,31-32H,11-13,15H2,1-2H3,(H,29,33)/t21-,23+,24+/m1/s1. The first-order valence-electron chi connectivity index (χ1n) is 11.4. The Labute approximate surface area is 224 Å². The Kier molecular flexibility index (Phi) is 9.97. The van der Waals surface area contributed by atoms with Crippen LogP contribution < -0.4 is 10.1 Å². The van der Waals surface area contributed by atoms with Crippen LogP contribution in [-0.2, 0) is 16.1 Å². The lowest BCUT2D eigenvalue weighted by atomic mass is 9.87. The van der Waals surface area contributed by atoms with Gasteiger partial charge in [0.1, 0.15) is 18.0 Å². The van der Waals surface area contributed by atoms with E-state index in [1.807, 2.05) is 30.3 Å². The summed E-state index contributed by atoms with van der Waals surface area (Å²) < 4.78 is 7.01. The first kappa shape index (κ1) is 27.4. The number of benzene rings is 2. The van der Waals surface area contributed by atoms with Crippen molar-refractivity contribution in [1.29, 1.82) is 0 Å². The SMILES string of the molecule is CC(C)C(=O)N(Cc1ccc(Cl)cc1)[C@@H]1CC(C(=O)NCCO)=C[C@H](Oc2ccccc2I)[C@H]1O. The third-order valence-electron chi connectivity index (χ3n) is 5.76. The molecule has 0 unspecified atom stereocenters. The number of nitrogens with one attached hydrogen (secondary N) is 1. The molecule has 0 saturated carbocycles. The van der Waals surface area contributed by atoms with Gasteiger partial charge >= 0.3 is 0 Å². The molecule has 9 heteroatoms. The number of rotatable bonds is 9. The van der Waals surface area contributed by atoms with Crippen molar-refractivity contribution in [2.24, 2.45) is 5.92 Å². The first-order chi connectivity index (χ1) is 16.7. The number of aliphatic hydroxyl groups is 2. The van der Waals surface area contributed by atoms with E-state index < -0.39 is 18.2 Å². The lowest BCUT2D eigenvalue weighted by Crippen LogP contribution is -2.55. The lowest BCUT2D eigenvalue weighted by molar-refractivity contribution is -0.142. The van der Waals surface area contributed by atoms with Crippen LogP contribution in [0.2, 0.25) is 5.02 Å². The minimum Gasteiger partial charge on any atom is -0.482 e. The molecule has 1 aliphatic carbocycles. The van der Waals surface area contributed by atoms with Crippen molar-refractivity contribution in [3.63, 3.8) is 0 Å². The predicted molar refractivity (Wildman–Crippen MR) is 143 cm³/mol. The zero-order chi connectivity index (χ0) is 25.5. The topological polar surface area (TPSA) is 99.1 Å². The van der Waals surface area contributed by atoms with Crippen molar-refractivity contribution in [1.82, 2.24) is 10.2 Å². The summed E-state index contributed by atoms with van der Waals surface area (Å²) in [4.78, 5) is 27.8. The summed E-state index contributed by atoms with van der Waals surface area (Å²) in [6, 6.07) is 13.9. The van der Waals surface area contributed by atoms with E-state index >= 15 is 0 Å². The van der Waals surface area contributed by atoms with Gasteiger partial charge in [0.2, 0.25) is 11.8 Å². The average Bonchev–Trinajstić information content (AvgIpc) is 2.84. The number of halogens is 2. The van der Waals surface area contributed by atoms with Crippen molar-refractivity contribution < 1.29 is 24.5 Å². The van der Waals surface area contributed by atoms with Crippen LogP contribution in [0.5, 0.6) is 5.75 Å². The van der Waals surface area contributed by atoms with Gasteiger partial charge in [-0.15, -0.1) is 0 Å². The van der Waals surface area contributed by atoms with E-state index in [0.29, 0.717) is 16.3 Å². The van der Waals surface area contributed by atoms with Crippen molar-refractivity contribution in [3.8, 4) is 5.75 Å². The van der Waals surface area contributed by atoms with Gasteiger partial charge in [-0.1, -0.05) is 49.7 Å². The van der Waals surface area contributed by atoms with E-state index in [1.54, 1.807) is 43.0 Å². The molecule has 0 aliphatic heterocycles. The van der Waals surface area contributed by atoms with Crippen LogP contribution in [0.3, 0.4) is 0 Å². The van der Waals surface area contributed by atoms with Crippen molar-refractivity contribution in [2.75, 3.05) is 13.2 Å². The normalized spacial score (nSPS) is 19.7. The maximum absolute atomic E-state index is 13.3. The molecule has 0 aromatic heterocycles. The molecule has 3 rings (SSSR count). The summed E-state index contributed by atoms with van der Waals surface area (Å²) in [7, 11) is 0. The number of hydrogen-bond acceptors (Lipinski definition) is 5. The summed E-state index contributed by atoms with van der Waals surface area (Å²) >= 11 is 8.18. The molecule has 3 atom stereocenters. The Morgan fingerprint density at radius 2 is 1.89 bits per heavy atom. The van der Waals surface area contributed by atoms with E-state index in [-0.39, 0.29) is 43.8 Å². The number of ether oxygens (including phenoxy) is 1. The van der Waals surface area contributed by atoms with Crippen LogP contribution in [0.4, 0.5) is 0 Å². The van der Waals surface area contributed by atoms with Gasteiger partial charge in [-0.3, -0.25) is 9.59 Å². The Bertz CT molecular complexity index is 1060. The fraction of sp³-hybridized carbons (Fsp3) is 0.385. The maximum Gasteiger partial charge on any atom is 0.247 e. The van der Waals surface area contributed by atoms with Gasteiger partial charge < -0.3 is 25.2 Å². The number of carbonyl (C=O) groups excluding carboxylic acids is 2. The summed E-state index contributed by atoms with van der Waals surface area (Å²) in [5, 5.41) is 23.8. The van der Waals surface area contributed by atoms with Crippen LogP contribution in [0.1, 0.15) is 25.8 Å². The van der Waals surface area contributed by atoms with Gasteiger partial charge in [-0.2, -0.15) is 0 Å². The highest BCUT2D eigenvalue weighted by Gasteiger charge is 2.41. The molecular weight excluding hydrogens is 583 g/mol. The Balaban J connectivity index is 1.97. The fourth-order valence-electron chi connectivity index (χ4n) is 3.94. The number of para-hydroxylation sites is 1. The molecule has 2 aromatic carbocycles. The smallest absolute Gasteiger partial charge is 0.247 e. The van der Waals surface area contributed by atoms with E-state index in [9.17, 15) is 14.7 Å². The Morgan fingerprint density at radius 3 is 2.51 bits per heavy atom. The molecule has 2 amide bonds. The summed E-state index contributed by atoms with van der Waals surface area (Å²) in [6.07, 6.45) is -0.171. The predicted octanol–water partition coefficient (Wildman–Crippen LogP) is 3.54. The molecule has 2 aromatic rings. The highest BCUT2D eigenvalue weighted by atomic mass is 127. The monoisotopic (exact) mass is 612 g/mol. The van der Waals surface area contributed by atoms with Gasteiger partial charge in [0.15, 0.2) is 0 Å². The second-order valence-electron chi connectivity index (χ2n) is 8.69. The third kappa shape index (κ3) is 7.19. The zero-order valence-electron chi connectivity index (χ0n) is 19.7. The summed E-state index contributed by atoms with van der Waals surface area (Å²) in [5.41, 5.74) is 1.24. The summed E-state index contributed by atoms with van der Waals surface area (Å²) in [5.74, 6) is -0.255. The number of carbonyl (C=O) groups is 2. The number of nitrogens with zero attached hydrogens (tertiary/aromatic N) is 1. The van der Waals surface area contributed by atoms with Crippen LogP contribution in [0.15, 0.2) is 60.2 Å². The molecule has 0 heterocycles. The van der Waals surface area contributed by atoms with E-state index in [2.05, 4.69) is 27.9 Å². The van der Waals surface area contributed by atoms with Gasteiger partial charge in [0, 0.05) is 36.0 Å². The van der Waals surface area contributed by atoms with Gasteiger partial charge in [-0.05, 0) is 58.5 Å². The van der Waals surface area contributed by atoms with Crippen molar-refractivity contribution in [3.05, 3.63) is 74.3 Å². The molecule has 3 N–H and O–H groups in total. The lowest BCUT2D eigenvalue weighted by Gasteiger charge is -2.41. The second kappa shape index (κ2) is 12.7. The highest BCUT2D eigenvalue weighted by Crippen LogP contribution is 2.31. The molecule has 7 nitrogen and oxygen atoms in total. The van der Waals surface area contributed by atoms with E-state index in [0.717, 1.165) is 9.13 Å².